The number of hydrogen-bond donors (Lipinski definition) is 1. The molecule has 1 rings (SSSR count). The van der Waals surface area contributed by atoms with E-state index < -0.39 is 10.7 Å². The van der Waals surface area contributed by atoms with Crippen LogP contribution in [-0.2, 0) is 6.54 Å². The lowest BCUT2D eigenvalue weighted by Gasteiger charge is -2.04. The van der Waals surface area contributed by atoms with Crippen molar-refractivity contribution in [3.63, 3.8) is 0 Å². The fourth-order valence-electron chi connectivity index (χ4n) is 1.05. The minimum Gasteiger partial charge on any atom is -0.490 e. The molecule has 1 aromatic carbocycles. The molecule has 14 heavy (non-hydrogen) atoms. The monoisotopic (exact) mass is 200 g/mol. The van der Waals surface area contributed by atoms with Gasteiger partial charge in [0, 0.05) is 24.2 Å². The second-order valence-electron chi connectivity index (χ2n) is 2.58. The van der Waals surface area contributed by atoms with Crippen molar-refractivity contribution in [3.8, 4) is 5.75 Å². The average Bonchev–Trinajstić information content (AvgIpc) is 2.16. The zero-order valence-corrected chi connectivity index (χ0v) is 7.49. The first kappa shape index (κ1) is 10.4. The van der Waals surface area contributed by atoms with Gasteiger partial charge in [-0.05, 0) is 0 Å². The number of benzene rings is 1. The third-order valence-electron chi connectivity index (χ3n) is 1.76. The summed E-state index contributed by atoms with van der Waals surface area (Å²) in [5, 5.41) is 10.5. The Bertz CT molecular complexity index is 368. The number of nitrogens with two attached hydrogens (primary N) is 1. The van der Waals surface area contributed by atoms with Gasteiger partial charge in [-0.2, -0.15) is 0 Å². The molecule has 0 aliphatic carbocycles. The predicted molar refractivity (Wildman–Crippen MR) is 47.5 cm³/mol. The van der Waals surface area contributed by atoms with E-state index in [2.05, 4.69) is 4.74 Å². The first-order valence-electron chi connectivity index (χ1n) is 3.81. The van der Waals surface area contributed by atoms with Crippen LogP contribution < -0.4 is 10.5 Å². The number of nitrogens with zero attached hydrogens (tertiary/aromatic N) is 1. The van der Waals surface area contributed by atoms with E-state index in [0.717, 1.165) is 12.1 Å². The minimum atomic E-state index is -0.641. The van der Waals surface area contributed by atoms with E-state index >= 15 is 0 Å². The van der Waals surface area contributed by atoms with E-state index in [1.165, 1.54) is 7.11 Å². The molecule has 2 N–H and O–H groups in total. The van der Waals surface area contributed by atoms with Crippen molar-refractivity contribution in [1.29, 1.82) is 0 Å². The molecule has 5 nitrogen and oxygen atoms in total. The Labute approximate surface area is 79.4 Å². The van der Waals surface area contributed by atoms with Gasteiger partial charge >= 0.3 is 5.69 Å². The molecular weight excluding hydrogens is 191 g/mol. The van der Waals surface area contributed by atoms with Gasteiger partial charge in [0.2, 0.25) is 0 Å². The summed E-state index contributed by atoms with van der Waals surface area (Å²) in [6.45, 7) is -0.0866. The van der Waals surface area contributed by atoms with Gasteiger partial charge in [0.05, 0.1) is 12.0 Å². The second-order valence-corrected chi connectivity index (χ2v) is 2.58. The SMILES string of the molecule is COc1cc(F)c(CN)cc1[N+](=O)[O-]. The van der Waals surface area contributed by atoms with Crippen molar-refractivity contribution >= 4 is 5.69 Å². The van der Waals surface area contributed by atoms with Gasteiger partial charge in [0.15, 0.2) is 5.75 Å². The van der Waals surface area contributed by atoms with Crippen molar-refractivity contribution in [2.75, 3.05) is 7.11 Å². The van der Waals surface area contributed by atoms with Crippen molar-refractivity contribution in [2.24, 2.45) is 5.73 Å². The zero-order chi connectivity index (χ0) is 10.7. The molecule has 0 aliphatic heterocycles. The van der Waals surface area contributed by atoms with E-state index in [1.807, 2.05) is 0 Å². The van der Waals surface area contributed by atoms with Gasteiger partial charge in [-0.3, -0.25) is 10.1 Å². The maximum atomic E-state index is 13.1. The fraction of sp³-hybridized carbons (Fsp3) is 0.250. The lowest BCUT2D eigenvalue weighted by atomic mass is 10.2. The summed E-state index contributed by atoms with van der Waals surface area (Å²) in [6.07, 6.45) is 0. The zero-order valence-electron chi connectivity index (χ0n) is 7.49. The number of hydrogen-bond acceptors (Lipinski definition) is 4. The molecule has 0 saturated heterocycles. The highest BCUT2D eigenvalue weighted by Crippen LogP contribution is 2.29. The van der Waals surface area contributed by atoms with Gasteiger partial charge in [0.25, 0.3) is 0 Å². The molecule has 6 heteroatoms. The molecule has 1 aromatic rings. The first-order valence-corrected chi connectivity index (χ1v) is 3.81. The van der Waals surface area contributed by atoms with Crippen LogP contribution in [0.5, 0.6) is 5.75 Å². The van der Waals surface area contributed by atoms with E-state index in [1.54, 1.807) is 0 Å². The van der Waals surface area contributed by atoms with Crippen LogP contribution in [0.2, 0.25) is 0 Å². The highest BCUT2D eigenvalue weighted by atomic mass is 19.1. The molecule has 0 bridgehead atoms. The van der Waals surface area contributed by atoms with Crippen LogP contribution in [-0.4, -0.2) is 12.0 Å². The Balaban J connectivity index is 3.32. The molecule has 0 radical (unpaired) electrons. The summed E-state index contributed by atoms with van der Waals surface area (Å²) >= 11 is 0. The number of nitro groups is 1. The molecule has 0 heterocycles. The summed E-state index contributed by atoms with van der Waals surface area (Å²) in [5.41, 5.74) is 5.02. The quantitative estimate of drug-likeness (QED) is 0.587. The summed E-state index contributed by atoms with van der Waals surface area (Å²) in [6, 6.07) is 2.04. The van der Waals surface area contributed by atoms with E-state index in [0.29, 0.717) is 0 Å². The molecule has 0 spiro atoms. The molecule has 76 valence electrons. The van der Waals surface area contributed by atoms with Crippen LogP contribution in [0.3, 0.4) is 0 Å². The smallest absolute Gasteiger partial charge is 0.311 e. The Kier molecular flexibility index (Phi) is 2.98. The standard InChI is InChI=1S/C8H9FN2O3/c1-14-8-3-6(9)5(4-10)2-7(8)11(12)13/h2-3H,4,10H2,1H3. The van der Waals surface area contributed by atoms with E-state index in [-0.39, 0.29) is 23.5 Å². The van der Waals surface area contributed by atoms with Crippen molar-refractivity contribution in [2.45, 2.75) is 6.54 Å². The fourth-order valence-corrected chi connectivity index (χ4v) is 1.05. The molecule has 0 fully saturated rings. The summed E-state index contributed by atoms with van der Waals surface area (Å²) in [4.78, 5) is 9.88. The third kappa shape index (κ3) is 1.80. The van der Waals surface area contributed by atoms with Crippen LogP contribution in [0.4, 0.5) is 10.1 Å². The number of halogens is 1. The third-order valence-corrected chi connectivity index (χ3v) is 1.76. The number of ether oxygens (including phenoxy) is 1. The van der Waals surface area contributed by atoms with Gasteiger partial charge in [-0.1, -0.05) is 0 Å². The average molecular weight is 200 g/mol. The summed E-state index contributed by atoms with van der Waals surface area (Å²) in [5.74, 6) is -0.709. The van der Waals surface area contributed by atoms with Gasteiger partial charge in [-0.25, -0.2) is 4.39 Å². The number of methoxy groups -OCH3 is 1. The normalized spacial score (nSPS) is 9.93. The highest BCUT2D eigenvalue weighted by molar-refractivity contribution is 5.49. The lowest BCUT2D eigenvalue weighted by Crippen LogP contribution is -2.03. The Morgan fingerprint density at radius 2 is 2.29 bits per heavy atom. The Hall–Kier alpha value is -1.69. The van der Waals surface area contributed by atoms with Crippen molar-refractivity contribution < 1.29 is 14.1 Å². The molecule has 0 atom stereocenters. The maximum absolute atomic E-state index is 13.1. The van der Waals surface area contributed by atoms with E-state index in [9.17, 15) is 14.5 Å². The van der Waals surface area contributed by atoms with E-state index in [4.69, 9.17) is 5.73 Å². The second kappa shape index (κ2) is 4.01. The molecule has 0 aliphatic rings. The maximum Gasteiger partial charge on any atom is 0.311 e. The molecule has 0 amide bonds. The minimum absolute atomic E-state index is 0.0866. The Morgan fingerprint density at radius 1 is 1.64 bits per heavy atom. The largest absolute Gasteiger partial charge is 0.490 e. The molecular formula is C8H9FN2O3. The molecule has 0 saturated carbocycles. The Morgan fingerprint density at radius 3 is 2.71 bits per heavy atom. The number of nitro benzene ring substituents is 1. The van der Waals surface area contributed by atoms with Crippen LogP contribution in [0.15, 0.2) is 12.1 Å². The van der Waals surface area contributed by atoms with Crippen molar-refractivity contribution in [3.05, 3.63) is 33.6 Å². The van der Waals surface area contributed by atoms with Gasteiger partial charge in [0.1, 0.15) is 5.82 Å². The summed E-state index contributed by atoms with van der Waals surface area (Å²) in [7, 11) is 1.24. The van der Waals surface area contributed by atoms with Gasteiger partial charge in [-0.15, -0.1) is 0 Å². The van der Waals surface area contributed by atoms with Gasteiger partial charge < -0.3 is 10.5 Å². The molecule has 0 aromatic heterocycles. The summed E-state index contributed by atoms with van der Waals surface area (Å²) < 4.78 is 17.8. The van der Waals surface area contributed by atoms with Crippen LogP contribution in [0, 0.1) is 15.9 Å². The lowest BCUT2D eigenvalue weighted by molar-refractivity contribution is -0.385. The first-order chi connectivity index (χ1) is 6.60. The predicted octanol–water partition coefficient (Wildman–Crippen LogP) is 1.20. The van der Waals surface area contributed by atoms with Crippen LogP contribution in [0.25, 0.3) is 0 Å². The number of rotatable bonds is 3. The van der Waals surface area contributed by atoms with Crippen molar-refractivity contribution in [1.82, 2.24) is 0 Å². The molecule has 0 unspecified atom stereocenters. The van der Waals surface area contributed by atoms with Crippen LogP contribution >= 0.6 is 0 Å². The van der Waals surface area contributed by atoms with Crippen LogP contribution in [0.1, 0.15) is 5.56 Å². The highest BCUT2D eigenvalue weighted by Gasteiger charge is 2.18. The topological polar surface area (TPSA) is 78.4 Å².